The third kappa shape index (κ3) is 4.19. The zero-order valence-corrected chi connectivity index (χ0v) is 8.95. The van der Waals surface area contributed by atoms with Gasteiger partial charge >= 0.3 is 6.18 Å². The van der Waals surface area contributed by atoms with Crippen LogP contribution in [0.25, 0.3) is 0 Å². The van der Waals surface area contributed by atoms with E-state index in [2.05, 4.69) is 5.32 Å². The molecule has 1 aromatic heterocycles. The van der Waals surface area contributed by atoms with Gasteiger partial charge in [-0.05, 0) is 19.1 Å². The van der Waals surface area contributed by atoms with Gasteiger partial charge in [-0.3, -0.25) is 0 Å². The molecule has 0 fully saturated rings. The highest BCUT2D eigenvalue weighted by atomic mass is 32.1. The van der Waals surface area contributed by atoms with Crippen LogP contribution in [0.4, 0.5) is 13.2 Å². The molecule has 6 heteroatoms. The van der Waals surface area contributed by atoms with E-state index in [4.69, 9.17) is 5.11 Å². The number of rotatable bonds is 4. The molecule has 0 saturated heterocycles. The smallest absolute Gasteiger partial charge is 0.382 e. The topological polar surface area (TPSA) is 32.3 Å². The molecule has 0 aromatic carbocycles. The van der Waals surface area contributed by atoms with E-state index in [0.717, 1.165) is 9.75 Å². The Hall–Kier alpha value is -0.590. The first-order chi connectivity index (χ1) is 6.89. The van der Waals surface area contributed by atoms with Gasteiger partial charge in [-0.2, -0.15) is 13.2 Å². The highest BCUT2D eigenvalue weighted by Gasteiger charge is 2.37. The van der Waals surface area contributed by atoms with Crippen molar-refractivity contribution in [1.29, 1.82) is 0 Å². The average Bonchev–Trinajstić information content (AvgIpc) is 2.49. The summed E-state index contributed by atoms with van der Waals surface area (Å²) in [6, 6.07) is 3.76. The monoisotopic (exact) mass is 239 g/mol. The van der Waals surface area contributed by atoms with Crippen LogP contribution < -0.4 is 5.32 Å². The molecular weight excluding hydrogens is 227 g/mol. The van der Waals surface area contributed by atoms with Crippen LogP contribution in [0.1, 0.15) is 9.75 Å². The SMILES string of the molecule is Cc1ccc(CNCC(O)C(F)(F)F)s1. The summed E-state index contributed by atoms with van der Waals surface area (Å²) in [5, 5.41) is 11.2. The highest BCUT2D eigenvalue weighted by molar-refractivity contribution is 7.11. The third-order valence-corrected chi connectivity index (χ3v) is 2.81. The van der Waals surface area contributed by atoms with Crippen LogP contribution in [-0.2, 0) is 6.54 Å². The van der Waals surface area contributed by atoms with Crippen molar-refractivity contribution in [3.05, 3.63) is 21.9 Å². The first kappa shape index (κ1) is 12.5. The minimum absolute atomic E-state index is 0.353. The zero-order chi connectivity index (χ0) is 11.5. The maximum absolute atomic E-state index is 11.9. The fraction of sp³-hybridized carbons (Fsp3) is 0.556. The Morgan fingerprint density at radius 1 is 1.47 bits per heavy atom. The molecule has 1 rings (SSSR count). The van der Waals surface area contributed by atoms with Gasteiger partial charge in [-0.1, -0.05) is 0 Å². The maximum Gasteiger partial charge on any atom is 0.415 e. The summed E-state index contributed by atoms with van der Waals surface area (Å²) in [4.78, 5) is 2.07. The van der Waals surface area contributed by atoms with Crippen LogP contribution >= 0.6 is 11.3 Å². The van der Waals surface area contributed by atoms with Gasteiger partial charge in [0.15, 0.2) is 6.10 Å². The number of aliphatic hydroxyl groups excluding tert-OH is 1. The largest absolute Gasteiger partial charge is 0.415 e. The van der Waals surface area contributed by atoms with Gasteiger partial charge in [0.25, 0.3) is 0 Å². The van der Waals surface area contributed by atoms with Crippen LogP contribution in [0, 0.1) is 6.92 Å². The Balaban J connectivity index is 2.28. The van der Waals surface area contributed by atoms with E-state index in [-0.39, 0.29) is 0 Å². The maximum atomic E-state index is 11.9. The second-order valence-electron chi connectivity index (χ2n) is 3.20. The molecule has 1 heterocycles. The number of aliphatic hydroxyl groups is 1. The molecule has 0 saturated carbocycles. The summed E-state index contributed by atoms with van der Waals surface area (Å²) < 4.78 is 35.7. The Bertz CT molecular complexity index is 311. The summed E-state index contributed by atoms with van der Waals surface area (Å²) >= 11 is 1.52. The summed E-state index contributed by atoms with van der Waals surface area (Å²) in [5.41, 5.74) is 0. The molecule has 0 radical (unpaired) electrons. The Labute approximate surface area is 89.7 Å². The Morgan fingerprint density at radius 2 is 2.13 bits per heavy atom. The van der Waals surface area contributed by atoms with Gasteiger partial charge in [0.1, 0.15) is 0 Å². The predicted octanol–water partition coefficient (Wildman–Crippen LogP) is 2.07. The first-order valence-corrected chi connectivity index (χ1v) is 5.22. The van der Waals surface area contributed by atoms with Crippen molar-refractivity contribution in [2.75, 3.05) is 6.54 Å². The molecule has 0 bridgehead atoms. The van der Waals surface area contributed by atoms with Crippen molar-refractivity contribution in [3.63, 3.8) is 0 Å². The van der Waals surface area contributed by atoms with E-state index in [9.17, 15) is 13.2 Å². The average molecular weight is 239 g/mol. The van der Waals surface area contributed by atoms with Crippen molar-refractivity contribution in [2.24, 2.45) is 0 Å². The lowest BCUT2D eigenvalue weighted by Crippen LogP contribution is -2.38. The number of hydrogen-bond acceptors (Lipinski definition) is 3. The van der Waals surface area contributed by atoms with E-state index in [1.165, 1.54) is 11.3 Å². The lowest BCUT2D eigenvalue weighted by Gasteiger charge is -2.14. The number of alkyl halides is 3. The van der Waals surface area contributed by atoms with E-state index in [1.807, 2.05) is 19.1 Å². The molecule has 1 aromatic rings. The van der Waals surface area contributed by atoms with Gasteiger partial charge < -0.3 is 10.4 Å². The molecule has 2 nitrogen and oxygen atoms in total. The first-order valence-electron chi connectivity index (χ1n) is 4.40. The summed E-state index contributed by atoms with van der Waals surface area (Å²) in [6.07, 6.45) is -6.84. The molecule has 15 heavy (non-hydrogen) atoms. The van der Waals surface area contributed by atoms with Crippen LogP contribution in [-0.4, -0.2) is 23.9 Å². The molecule has 0 aliphatic heterocycles. The summed E-state index contributed by atoms with van der Waals surface area (Å²) in [5.74, 6) is 0. The van der Waals surface area contributed by atoms with E-state index in [1.54, 1.807) is 0 Å². The molecule has 2 N–H and O–H groups in total. The Kier molecular flexibility index (Phi) is 4.12. The number of aryl methyl sites for hydroxylation is 1. The van der Waals surface area contributed by atoms with Crippen molar-refractivity contribution in [2.45, 2.75) is 25.7 Å². The third-order valence-electron chi connectivity index (χ3n) is 1.81. The molecule has 1 unspecified atom stereocenters. The quantitative estimate of drug-likeness (QED) is 0.843. The van der Waals surface area contributed by atoms with Gasteiger partial charge in [-0.15, -0.1) is 11.3 Å². The number of thiophene rings is 1. The molecule has 0 spiro atoms. The second kappa shape index (κ2) is 4.96. The van der Waals surface area contributed by atoms with Crippen LogP contribution in [0.3, 0.4) is 0 Å². The van der Waals surface area contributed by atoms with E-state index in [0.29, 0.717) is 6.54 Å². The number of hydrogen-bond donors (Lipinski definition) is 2. The van der Waals surface area contributed by atoms with Crippen LogP contribution in [0.15, 0.2) is 12.1 Å². The normalized spacial score (nSPS) is 14.2. The predicted molar refractivity (Wildman–Crippen MR) is 52.8 cm³/mol. The lowest BCUT2D eigenvalue weighted by molar-refractivity contribution is -0.201. The number of nitrogens with one attached hydrogen (secondary N) is 1. The van der Waals surface area contributed by atoms with Crippen molar-refractivity contribution < 1.29 is 18.3 Å². The highest BCUT2D eigenvalue weighted by Crippen LogP contribution is 2.19. The van der Waals surface area contributed by atoms with Gasteiger partial charge in [0.2, 0.25) is 0 Å². The Morgan fingerprint density at radius 3 is 2.60 bits per heavy atom. The molecular formula is C9H12F3NOS. The molecule has 86 valence electrons. The molecule has 0 aliphatic carbocycles. The standard InChI is InChI=1S/C9H12F3NOS/c1-6-2-3-7(15-6)4-13-5-8(14)9(10,11)12/h2-3,8,13-14H,4-5H2,1H3. The minimum atomic E-state index is -4.54. The van der Waals surface area contributed by atoms with E-state index < -0.39 is 18.8 Å². The fourth-order valence-electron chi connectivity index (χ4n) is 1.03. The number of halogens is 3. The molecule has 1 atom stereocenters. The molecule has 0 amide bonds. The van der Waals surface area contributed by atoms with E-state index >= 15 is 0 Å². The van der Waals surface area contributed by atoms with Crippen LogP contribution in [0.5, 0.6) is 0 Å². The minimum Gasteiger partial charge on any atom is -0.382 e. The van der Waals surface area contributed by atoms with Crippen molar-refractivity contribution >= 4 is 11.3 Å². The van der Waals surface area contributed by atoms with Gasteiger partial charge in [-0.25, -0.2) is 0 Å². The molecule has 0 aliphatic rings. The second-order valence-corrected chi connectivity index (χ2v) is 4.57. The lowest BCUT2D eigenvalue weighted by atomic mass is 10.3. The fourth-order valence-corrected chi connectivity index (χ4v) is 1.89. The zero-order valence-electron chi connectivity index (χ0n) is 8.14. The summed E-state index contributed by atoms with van der Waals surface area (Å²) in [7, 11) is 0. The van der Waals surface area contributed by atoms with Gasteiger partial charge in [0.05, 0.1) is 0 Å². The van der Waals surface area contributed by atoms with Crippen molar-refractivity contribution in [3.8, 4) is 0 Å². The summed E-state index contributed by atoms with van der Waals surface area (Å²) in [6.45, 7) is 1.81. The van der Waals surface area contributed by atoms with Crippen LogP contribution in [0.2, 0.25) is 0 Å². The van der Waals surface area contributed by atoms with Crippen molar-refractivity contribution in [1.82, 2.24) is 5.32 Å². The van der Waals surface area contributed by atoms with Gasteiger partial charge in [0, 0.05) is 22.8 Å².